The van der Waals surface area contributed by atoms with Crippen molar-refractivity contribution in [2.75, 3.05) is 0 Å². The molecule has 0 bridgehead atoms. The molecule has 0 saturated heterocycles. The Morgan fingerprint density at radius 1 is 1.20 bits per heavy atom. The summed E-state index contributed by atoms with van der Waals surface area (Å²) in [5.41, 5.74) is 3.86. The Labute approximate surface area is 117 Å². The van der Waals surface area contributed by atoms with E-state index in [9.17, 15) is 5.11 Å². The summed E-state index contributed by atoms with van der Waals surface area (Å²) in [5, 5.41) is 9.41. The highest BCUT2D eigenvalue weighted by molar-refractivity contribution is 5.76. The molecule has 2 heterocycles. The molecule has 0 unspecified atom stereocenters. The minimum absolute atomic E-state index is 0.0267. The third kappa shape index (κ3) is 2.30. The number of aryl methyl sites for hydroxylation is 1. The number of hydrogen-bond donors (Lipinski definition) is 1. The van der Waals surface area contributed by atoms with E-state index in [0.29, 0.717) is 0 Å². The van der Waals surface area contributed by atoms with Crippen LogP contribution in [0.2, 0.25) is 0 Å². The predicted molar refractivity (Wildman–Crippen MR) is 78.8 cm³/mol. The quantitative estimate of drug-likeness (QED) is 0.790. The van der Waals surface area contributed by atoms with Gasteiger partial charge in [-0.3, -0.25) is 4.57 Å². The van der Waals surface area contributed by atoms with Crippen molar-refractivity contribution in [3.63, 3.8) is 0 Å². The number of aliphatic hydroxyl groups is 1. The van der Waals surface area contributed by atoms with Crippen molar-refractivity contribution in [2.45, 2.75) is 26.4 Å². The summed E-state index contributed by atoms with van der Waals surface area (Å²) in [5.74, 6) is 0.814. The van der Waals surface area contributed by atoms with Crippen molar-refractivity contribution in [1.82, 2.24) is 14.5 Å². The van der Waals surface area contributed by atoms with Crippen LogP contribution in [0.1, 0.15) is 24.6 Å². The van der Waals surface area contributed by atoms with Gasteiger partial charge in [0.05, 0.1) is 17.6 Å². The highest BCUT2D eigenvalue weighted by Crippen LogP contribution is 2.18. The van der Waals surface area contributed by atoms with E-state index in [0.717, 1.165) is 41.0 Å². The van der Waals surface area contributed by atoms with Crippen LogP contribution in [0.15, 0.2) is 42.7 Å². The number of benzene rings is 1. The van der Waals surface area contributed by atoms with Crippen molar-refractivity contribution < 1.29 is 5.11 Å². The lowest BCUT2D eigenvalue weighted by Gasteiger charge is -2.08. The van der Waals surface area contributed by atoms with E-state index < -0.39 is 0 Å². The van der Waals surface area contributed by atoms with Gasteiger partial charge in [-0.05, 0) is 36.2 Å². The van der Waals surface area contributed by atoms with Crippen LogP contribution in [0.25, 0.3) is 16.9 Å². The number of nitrogens with zero attached hydrogens (tertiary/aromatic N) is 3. The van der Waals surface area contributed by atoms with Crippen LogP contribution in [0.5, 0.6) is 0 Å². The largest absolute Gasteiger partial charge is 0.392 e. The summed E-state index contributed by atoms with van der Waals surface area (Å²) in [6.45, 7) is 2.15. The molecule has 1 N–H and O–H groups in total. The monoisotopic (exact) mass is 267 g/mol. The lowest BCUT2D eigenvalue weighted by atomic mass is 10.1. The molecule has 1 aromatic carbocycles. The van der Waals surface area contributed by atoms with E-state index in [1.54, 1.807) is 6.33 Å². The van der Waals surface area contributed by atoms with Gasteiger partial charge in [0.15, 0.2) is 0 Å². The number of fused-ring (bicyclic) bond motifs is 1. The second-order valence-corrected chi connectivity index (χ2v) is 4.84. The zero-order valence-corrected chi connectivity index (χ0v) is 11.5. The van der Waals surface area contributed by atoms with Crippen LogP contribution < -0.4 is 0 Å². The average Bonchev–Trinajstić information content (AvgIpc) is 2.91. The molecule has 0 aliphatic rings. The minimum atomic E-state index is 0.0267. The molecule has 0 aliphatic heterocycles. The summed E-state index contributed by atoms with van der Waals surface area (Å²) < 4.78 is 1.97. The number of pyridine rings is 1. The van der Waals surface area contributed by atoms with Gasteiger partial charge in [-0.2, -0.15) is 0 Å². The van der Waals surface area contributed by atoms with E-state index in [-0.39, 0.29) is 6.61 Å². The van der Waals surface area contributed by atoms with Crippen LogP contribution in [0.3, 0.4) is 0 Å². The van der Waals surface area contributed by atoms with E-state index in [2.05, 4.69) is 16.9 Å². The fraction of sp³-hybridized carbons (Fsp3) is 0.250. The van der Waals surface area contributed by atoms with Crippen molar-refractivity contribution in [3.8, 4) is 5.82 Å². The van der Waals surface area contributed by atoms with Crippen molar-refractivity contribution in [1.29, 1.82) is 0 Å². The molecule has 20 heavy (non-hydrogen) atoms. The minimum Gasteiger partial charge on any atom is -0.392 e. The maximum Gasteiger partial charge on any atom is 0.138 e. The average molecular weight is 267 g/mol. The third-order valence-electron chi connectivity index (χ3n) is 3.31. The highest BCUT2D eigenvalue weighted by atomic mass is 16.3. The summed E-state index contributed by atoms with van der Waals surface area (Å²) in [4.78, 5) is 9.06. The van der Waals surface area contributed by atoms with Crippen LogP contribution in [0.4, 0.5) is 0 Å². The lowest BCUT2D eigenvalue weighted by Crippen LogP contribution is -2.02. The number of aromatic nitrogens is 3. The Bertz CT molecular complexity index is 733. The highest BCUT2D eigenvalue weighted by Gasteiger charge is 2.08. The Morgan fingerprint density at radius 2 is 2.05 bits per heavy atom. The van der Waals surface area contributed by atoms with E-state index in [1.165, 1.54) is 0 Å². The number of aliphatic hydroxyl groups excluding tert-OH is 1. The summed E-state index contributed by atoms with van der Waals surface area (Å²) >= 11 is 0. The number of rotatable bonds is 4. The smallest absolute Gasteiger partial charge is 0.138 e. The number of para-hydroxylation sites is 2. The molecule has 3 aromatic rings. The SMILES string of the molecule is CCCc1cc(CO)cc(-n2cnc3ccccc32)n1. The fourth-order valence-corrected chi connectivity index (χ4v) is 2.37. The fourth-order valence-electron chi connectivity index (χ4n) is 2.37. The van der Waals surface area contributed by atoms with Gasteiger partial charge in [0, 0.05) is 5.69 Å². The van der Waals surface area contributed by atoms with Crippen LogP contribution >= 0.6 is 0 Å². The number of imidazole rings is 1. The first kappa shape index (κ1) is 12.8. The molecule has 0 aliphatic carbocycles. The lowest BCUT2D eigenvalue weighted by molar-refractivity contribution is 0.281. The van der Waals surface area contributed by atoms with Gasteiger partial charge < -0.3 is 5.11 Å². The Kier molecular flexibility index (Phi) is 3.48. The molecule has 0 amide bonds. The first-order chi connectivity index (χ1) is 9.81. The normalized spacial score (nSPS) is 11.1. The number of hydrogen-bond acceptors (Lipinski definition) is 3. The van der Waals surface area contributed by atoms with Gasteiger partial charge in [-0.15, -0.1) is 0 Å². The summed E-state index contributed by atoms with van der Waals surface area (Å²) in [6, 6.07) is 11.8. The summed E-state index contributed by atoms with van der Waals surface area (Å²) in [6.07, 6.45) is 3.73. The van der Waals surface area contributed by atoms with Crippen LogP contribution in [0, 0.1) is 0 Å². The van der Waals surface area contributed by atoms with Gasteiger partial charge >= 0.3 is 0 Å². The molecule has 0 fully saturated rings. The molecular formula is C16H17N3O. The van der Waals surface area contributed by atoms with Gasteiger partial charge in [-0.1, -0.05) is 25.5 Å². The van der Waals surface area contributed by atoms with E-state index in [1.807, 2.05) is 41.0 Å². The maximum atomic E-state index is 9.41. The molecule has 4 nitrogen and oxygen atoms in total. The third-order valence-corrected chi connectivity index (χ3v) is 3.31. The Hall–Kier alpha value is -2.20. The maximum absolute atomic E-state index is 9.41. The predicted octanol–water partition coefficient (Wildman–Crippen LogP) is 2.87. The Balaban J connectivity index is 2.15. The zero-order valence-electron chi connectivity index (χ0n) is 11.5. The van der Waals surface area contributed by atoms with Gasteiger partial charge in [0.25, 0.3) is 0 Å². The van der Waals surface area contributed by atoms with Crippen LogP contribution in [-0.4, -0.2) is 19.6 Å². The molecule has 0 saturated carbocycles. The first-order valence-corrected chi connectivity index (χ1v) is 6.85. The molecule has 0 spiro atoms. The first-order valence-electron chi connectivity index (χ1n) is 6.85. The standard InChI is InChI=1S/C16H17N3O/c1-2-5-13-8-12(10-20)9-16(18-13)19-11-17-14-6-3-4-7-15(14)19/h3-4,6-9,11,20H,2,5,10H2,1H3. The van der Waals surface area contributed by atoms with Crippen molar-refractivity contribution in [2.24, 2.45) is 0 Å². The Morgan fingerprint density at radius 3 is 2.85 bits per heavy atom. The van der Waals surface area contributed by atoms with Crippen molar-refractivity contribution >= 4 is 11.0 Å². The molecule has 3 rings (SSSR count). The second kappa shape index (κ2) is 5.43. The summed E-state index contributed by atoms with van der Waals surface area (Å²) in [7, 11) is 0. The molecule has 2 aromatic heterocycles. The van der Waals surface area contributed by atoms with Crippen molar-refractivity contribution in [3.05, 3.63) is 54.0 Å². The molecule has 0 radical (unpaired) electrons. The van der Waals surface area contributed by atoms with Crippen LogP contribution in [-0.2, 0) is 13.0 Å². The zero-order chi connectivity index (χ0) is 13.9. The second-order valence-electron chi connectivity index (χ2n) is 4.84. The topological polar surface area (TPSA) is 50.9 Å². The molecular weight excluding hydrogens is 250 g/mol. The van der Waals surface area contributed by atoms with Gasteiger partial charge in [0.2, 0.25) is 0 Å². The molecule has 102 valence electrons. The van der Waals surface area contributed by atoms with Gasteiger partial charge in [-0.25, -0.2) is 9.97 Å². The molecule has 4 heteroatoms. The molecule has 0 atom stereocenters. The van der Waals surface area contributed by atoms with E-state index >= 15 is 0 Å². The van der Waals surface area contributed by atoms with Gasteiger partial charge in [0.1, 0.15) is 12.1 Å². The van der Waals surface area contributed by atoms with E-state index in [4.69, 9.17) is 0 Å².